The summed E-state index contributed by atoms with van der Waals surface area (Å²) in [5, 5.41) is 10.3. The number of rotatable bonds is 5. The van der Waals surface area contributed by atoms with E-state index in [0.717, 1.165) is 15.8 Å². The van der Waals surface area contributed by atoms with Gasteiger partial charge in [-0.3, -0.25) is 24.5 Å². The average molecular weight is 474 g/mol. The molecular formula is C25H22N4O6. The second-order valence-corrected chi connectivity index (χ2v) is 8.30. The van der Waals surface area contributed by atoms with Crippen LogP contribution in [0.1, 0.15) is 30.0 Å². The van der Waals surface area contributed by atoms with Gasteiger partial charge in [0.05, 0.1) is 29.8 Å². The molecule has 1 aromatic heterocycles. The Balaban J connectivity index is 1.32. The monoisotopic (exact) mass is 474 g/mol. The second kappa shape index (κ2) is 9.05. The van der Waals surface area contributed by atoms with Gasteiger partial charge in [0.2, 0.25) is 5.91 Å². The number of fused-ring (bicyclic) bond motifs is 2. The highest BCUT2D eigenvalue weighted by Gasteiger charge is 2.30. The second-order valence-electron chi connectivity index (χ2n) is 8.30. The van der Waals surface area contributed by atoms with Crippen LogP contribution >= 0.6 is 0 Å². The van der Waals surface area contributed by atoms with Gasteiger partial charge in [-0.05, 0) is 42.3 Å². The summed E-state index contributed by atoms with van der Waals surface area (Å²) in [6, 6.07) is 9.78. The quantitative estimate of drug-likeness (QED) is 0.536. The fourth-order valence-corrected chi connectivity index (χ4v) is 4.23. The first-order valence-corrected chi connectivity index (χ1v) is 11.1. The number of amides is 3. The van der Waals surface area contributed by atoms with Gasteiger partial charge in [0.25, 0.3) is 17.4 Å². The zero-order valence-electron chi connectivity index (χ0n) is 18.9. The lowest BCUT2D eigenvalue weighted by Gasteiger charge is -2.21. The summed E-state index contributed by atoms with van der Waals surface area (Å²) in [6.45, 7) is 0.384. The number of imide groups is 1. The Hall–Kier alpha value is -4.47. The summed E-state index contributed by atoms with van der Waals surface area (Å²) in [5.41, 5.74) is 1.55. The van der Waals surface area contributed by atoms with Crippen molar-refractivity contribution >= 4 is 34.6 Å². The highest BCUT2D eigenvalue weighted by atomic mass is 16.5. The molecule has 10 nitrogen and oxygen atoms in total. The van der Waals surface area contributed by atoms with Gasteiger partial charge in [-0.2, -0.15) is 5.10 Å². The number of hydrogen-bond acceptors (Lipinski definition) is 7. The van der Waals surface area contributed by atoms with Crippen LogP contribution in [0.2, 0.25) is 0 Å². The van der Waals surface area contributed by atoms with Gasteiger partial charge in [0.1, 0.15) is 24.1 Å². The number of methoxy groups -OCH3 is 1. The van der Waals surface area contributed by atoms with Gasteiger partial charge in [-0.15, -0.1) is 0 Å². The Bertz CT molecular complexity index is 1460. The summed E-state index contributed by atoms with van der Waals surface area (Å²) in [7, 11) is 1.56. The third kappa shape index (κ3) is 4.25. The predicted octanol–water partition coefficient (Wildman–Crippen LogP) is 1.47. The summed E-state index contributed by atoms with van der Waals surface area (Å²) >= 11 is 0. The van der Waals surface area contributed by atoms with Crippen LogP contribution in [0.5, 0.6) is 11.5 Å². The molecule has 0 aliphatic carbocycles. The van der Waals surface area contributed by atoms with E-state index in [9.17, 15) is 19.2 Å². The zero-order chi connectivity index (χ0) is 24.5. The van der Waals surface area contributed by atoms with E-state index < -0.39 is 17.5 Å². The molecule has 3 amide bonds. The van der Waals surface area contributed by atoms with Crippen LogP contribution in [0.4, 0.5) is 0 Å². The topological polar surface area (TPSA) is 129 Å². The number of piperidine rings is 1. The highest BCUT2D eigenvalue weighted by Crippen LogP contribution is 2.33. The molecule has 2 aliphatic heterocycles. The number of nitrogens with one attached hydrogen (secondary N) is 2. The van der Waals surface area contributed by atoms with Gasteiger partial charge < -0.3 is 14.8 Å². The fraction of sp³-hybridized carbons (Fsp3) is 0.240. The van der Waals surface area contributed by atoms with Crippen molar-refractivity contribution in [3.8, 4) is 11.5 Å². The first-order chi connectivity index (χ1) is 16.9. The molecule has 0 bridgehead atoms. The van der Waals surface area contributed by atoms with Crippen LogP contribution in [0.15, 0.2) is 53.0 Å². The van der Waals surface area contributed by atoms with Crippen molar-refractivity contribution in [1.82, 2.24) is 20.4 Å². The standard InChI is InChI=1S/C25H22N4O6/c1-34-20-3-2-4-21-18(20)10-16(13-35-21)23(31)26-11-14-5-6-17-15(9-14)12-27-29(25(17)33)19-7-8-22(30)28-24(19)32/h2-6,9-10,12,19H,7-8,11,13H2,1H3,(H,26,31)(H,28,30,32). The van der Waals surface area contributed by atoms with Crippen molar-refractivity contribution < 1.29 is 23.9 Å². The van der Waals surface area contributed by atoms with E-state index in [2.05, 4.69) is 15.7 Å². The molecule has 0 radical (unpaired) electrons. The number of nitrogens with zero attached hydrogens (tertiary/aromatic N) is 2. The fourth-order valence-electron chi connectivity index (χ4n) is 4.23. The molecule has 0 saturated carbocycles. The maximum atomic E-state index is 12.9. The van der Waals surface area contributed by atoms with Crippen molar-refractivity contribution in [3.05, 3.63) is 69.6 Å². The van der Waals surface area contributed by atoms with Crippen molar-refractivity contribution in [2.24, 2.45) is 0 Å². The first-order valence-electron chi connectivity index (χ1n) is 11.1. The molecule has 35 heavy (non-hydrogen) atoms. The van der Waals surface area contributed by atoms with Crippen molar-refractivity contribution in [2.45, 2.75) is 25.4 Å². The molecule has 2 N–H and O–H groups in total. The van der Waals surface area contributed by atoms with E-state index in [1.807, 2.05) is 12.1 Å². The first kappa shape index (κ1) is 22.3. The molecule has 1 saturated heterocycles. The molecule has 3 aromatic rings. The molecule has 10 heteroatoms. The van der Waals surface area contributed by atoms with Gasteiger partial charge >= 0.3 is 0 Å². The maximum Gasteiger partial charge on any atom is 0.275 e. The maximum absolute atomic E-state index is 12.9. The third-order valence-corrected chi connectivity index (χ3v) is 6.07. The number of benzene rings is 2. The molecule has 1 atom stereocenters. The number of carbonyl (C=O) groups is 3. The molecule has 2 aromatic carbocycles. The van der Waals surface area contributed by atoms with Crippen LogP contribution in [0, 0.1) is 0 Å². The normalized spacial score (nSPS) is 17.2. The van der Waals surface area contributed by atoms with Crippen LogP contribution in [-0.2, 0) is 20.9 Å². The summed E-state index contributed by atoms with van der Waals surface area (Å²) in [5.74, 6) is 0.123. The van der Waals surface area contributed by atoms with E-state index in [0.29, 0.717) is 27.8 Å². The molecule has 3 heterocycles. The van der Waals surface area contributed by atoms with Gasteiger partial charge in [-0.25, -0.2) is 4.68 Å². The number of ether oxygens (including phenoxy) is 2. The number of carbonyl (C=O) groups excluding carboxylic acids is 3. The van der Waals surface area contributed by atoms with Crippen LogP contribution in [0.3, 0.4) is 0 Å². The summed E-state index contributed by atoms with van der Waals surface area (Å²) < 4.78 is 12.2. The lowest BCUT2D eigenvalue weighted by molar-refractivity contribution is -0.136. The van der Waals surface area contributed by atoms with E-state index in [1.54, 1.807) is 37.5 Å². The molecule has 1 unspecified atom stereocenters. The Labute approximate surface area is 199 Å². The summed E-state index contributed by atoms with van der Waals surface area (Å²) in [6.07, 6.45) is 3.64. The van der Waals surface area contributed by atoms with E-state index in [-0.39, 0.29) is 37.8 Å². The van der Waals surface area contributed by atoms with Gasteiger partial charge in [-0.1, -0.05) is 12.1 Å². The average Bonchev–Trinajstić information content (AvgIpc) is 2.87. The largest absolute Gasteiger partial charge is 0.496 e. The molecule has 0 spiro atoms. The van der Waals surface area contributed by atoms with E-state index in [4.69, 9.17) is 9.47 Å². The van der Waals surface area contributed by atoms with Gasteiger partial charge in [0.15, 0.2) is 0 Å². The Morgan fingerprint density at radius 3 is 2.91 bits per heavy atom. The number of hydrogen-bond donors (Lipinski definition) is 2. The minimum atomic E-state index is -0.821. The Morgan fingerprint density at radius 2 is 2.11 bits per heavy atom. The predicted molar refractivity (Wildman–Crippen MR) is 126 cm³/mol. The zero-order valence-corrected chi connectivity index (χ0v) is 18.9. The molecule has 2 aliphatic rings. The molecular weight excluding hydrogens is 452 g/mol. The minimum absolute atomic E-state index is 0.146. The molecule has 1 fully saturated rings. The van der Waals surface area contributed by atoms with Crippen molar-refractivity contribution in [2.75, 3.05) is 13.7 Å². The number of aromatic nitrogens is 2. The summed E-state index contributed by atoms with van der Waals surface area (Å²) in [4.78, 5) is 49.2. The smallest absolute Gasteiger partial charge is 0.275 e. The lowest BCUT2D eigenvalue weighted by Crippen LogP contribution is -2.45. The van der Waals surface area contributed by atoms with Crippen LogP contribution in [0.25, 0.3) is 16.8 Å². The van der Waals surface area contributed by atoms with Crippen molar-refractivity contribution in [1.29, 1.82) is 0 Å². The minimum Gasteiger partial charge on any atom is -0.496 e. The molecule has 5 rings (SSSR count). The lowest BCUT2D eigenvalue weighted by atomic mass is 10.1. The highest BCUT2D eigenvalue weighted by molar-refractivity contribution is 6.00. The Kier molecular flexibility index (Phi) is 5.77. The SMILES string of the molecule is COc1cccc2c1C=C(C(=O)NCc1ccc3c(=O)n(C4CCC(=O)NC4=O)ncc3c1)CO2. The third-order valence-electron chi connectivity index (χ3n) is 6.07. The van der Waals surface area contributed by atoms with E-state index in [1.165, 1.54) is 6.20 Å². The molecule has 178 valence electrons. The van der Waals surface area contributed by atoms with Crippen LogP contribution in [-0.4, -0.2) is 41.2 Å². The van der Waals surface area contributed by atoms with Crippen molar-refractivity contribution in [3.63, 3.8) is 0 Å². The van der Waals surface area contributed by atoms with Crippen LogP contribution < -0.4 is 25.7 Å². The Morgan fingerprint density at radius 1 is 1.26 bits per heavy atom. The van der Waals surface area contributed by atoms with E-state index >= 15 is 0 Å². The van der Waals surface area contributed by atoms with Gasteiger partial charge in [0, 0.05) is 18.4 Å².